The predicted molar refractivity (Wildman–Crippen MR) is 140 cm³/mol. The molecule has 0 saturated heterocycles. The second kappa shape index (κ2) is 11.2. The number of aromatic hydroxyl groups is 3. The van der Waals surface area contributed by atoms with Gasteiger partial charge in [0.2, 0.25) is 0 Å². The average Bonchev–Trinajstić information content (AvgIpc) is 3.40. The van der Waals surface area contributed by atoms with Gasteiger partial charge in [-0.3, -0.25) is 9.59 Å². The largest absolute Gasteiger partial charge is 0.507 e. The summed E-state index contributed by atoms with van der Waals surface area (Å²) >= 11 is 0. The van der Waals surface area contributed by atoms with Gasteiger partial charge in [0.25, 0.3) is 5.56 Å². The number of aromatic carboxylic acids is 1. The van der Waals surface area contributed by atoms with E-state index >= 15 is 0 Å². The highest BCUT2D eigenvalue weighted by atomic mass is 16.5. The molecule has 202 valence electrons. The quantitative estimate of drug-likeness (QED) is 0.183. The fourth-order valence-electron chi connectivity index (χ4n) is 4.41. The van der Waals surface area contributed by atoms with Gasteiger partial charge in [0, 0.05) is 17.8 Å². The van der Waals surface area contributed by atoms with Crippen LogP contribution in [0.1, 0.15) is 45.3 Å². The van der Waals surface area contributed by atoms with Gasteiger partial charge in [0.05, 0.1) is 30.6 Å². The summed E-state index contributed by atoms with van der Waals surface area (Å²) in [5.74, 6) is -2.84. The number of carboxylic acid groups (broad SMARTS) is 1. The van der Waals surface area contributed by atoms with E-state index in [2.05, 4.69) is 0 Å². The fraction of sp³-hybridized carbons (Fsp3) is 0.207. The Morgan fingerprint density at radius 2 is 1.67 bits per heavy atom. The molecule has 0 spiro atoms. The summed E-state index contributed by atoms with van der Waals surface area (Å²) in [6.07, 6.45) is 0.0663. The van der Waals surface area contributed by atoms with Crippen LogP contribution in [0.5, 0.6) is 17.2 Å². The number of esters is 1. The van der Waals surface area contributed by atoms with Gasteiger partial charge in [-0.25, -0.2) is 4.79 Å². The molecule has 4 rings (SSSR count). The molecule has 2 heterocycles. The summed E-state index contributed by atoms with van der Waals surface area (Å²) in [6.45, 7) is 1.87. The number of hydrogen-bond acceptors (Lipinski definition) is 8. The first-order chi connectivity index (χ1) is 18.6. The van der Waals surface area contributed by atoms with E-state index in [1.807, 2.05) is 0 Å². The second-order valence-corrected chi connectivity index (χ2v) is 9.03. The Morgan fingerprint density at radius 1 is 0.949 bits per heavy atom. The number of aryl methyl sites for hydroxylation is 2. The smallest absolute Gasteiger partial charge is 0.335 e. The highest BCUT2D eigenvalue weighted by molar-refractivity contribution is 5.88. The molecular formula is C29H27NO9. The van der Waals surface area contributed by atoms with E-state index in [0.29, 0.717) is 29.0 Å². The van der Waals surface area contributed by atoms with E-state index in [-0.39, 0.29) is 47.1 Å². The molecule has 1 atom stereocenters. The van der Waals surface area contributed by atoms with Gasteiger partial charge < -0.3 is 34.1 Å². The minimum atomic E-state index is -1.06. The van der Waals surface area contributed by atoms with Crippen LogP contribution in [0.2, 0.25) is 0 Å². The van der Waals surface area contributed by atoms with Crippen LogP contribution in [0.4, 0.5) is 0 Å². The molecule has 4 aromatic rings. The number of aromatic nitrogens is 1. The van der Waals surface area contributed by atoms with Crippen molar-refractivity contribution in [2.45, 2.75) is 32.2 Å². The Hall–Kier alpha value is -4.99. The van der Waals surface area contributed by atoms with Gasteiger partial charge >= 0.3 is 11.9 Å². The van der Waals surface area contributed by atoms with E-state index in [0.717, 1.165) is 0 Å². The first-order valence-corrected chi connectivity index (χ1v) is 12.0. The molecule has 0 aliphatic heterocycles. The summed E-state index contributed by atoms with van der Waals surface area (Å²) in [6, 6.07) is 15.1. The zero-order chi connectivity index (χ0) is 28.3. The van der Waals surface area contributed by atoms with Gasteiger partial charge in [-0.2, -0.15) is 0 Å². The van der Waals surface area contributed by atoms with E-state index in [1.165, 1.54) is 42.0 Å². The molecule has 10 heteroatoms. The van der Waals surface area contributed by atoms with Crippen LogP contribution in [0.25, 0.3) is 11.3 Å². The van der Waals surface area contributed by atoms with Crippen molar-refractivity contribution in [2.24, 2.45) is 0 Å². The molecule has 39 heavy (non-hydrogen) atoms. The molecule has 0 aliphatic carbocycles. The van der Waals surface area contributed by atoms with Gasteiger partial charge in [-0.05, 0) is 61.4 Å². The van der Waals surface area contributed by atoms with Crippen LogP contribution < -0.4 is 5.56 Å². The average molecular weight is 534 g/mol. The van der Waals surface area contributed by atoms with E-state index in [4.69, 9.17) is 14.3 Å². The standard InChI is InChI=1S/C29H27NO9/c1-16-13-23(33)27(28(35)30(16)12-11-17-3-8-21(31)22(32)14-17)20(15-26(34)38-2)25-10-9-24(39-25)18-4-6-19(7-5-18)29(36)37/h3-10,13-14,20,31-33H,11-12,15H2,1-2H3,(H,36,37)/t20-/m0/s1. The van der Waals surface area contributed by atoms with Crippen LogP contribution in [-0.2, 0) is 22.5 Å². The number of ether oxygens (including phenoxy) is 1. The van der Waals surface area contributed by atoms with Crippen LogP contribution >= 0.6 is 0 Å². The van der Waals surface area contributed by atoms with Gasteiger partial charge in [0.15, 0.2) is 11.5 Å². The normalized spacial score (nSPS) is 11.7. The van der Waals surface area contributed by atoms with Crippen molar-refractivity contribution in [1.82, 2.24) is 4.57 Å². The first-order valence-electron chi connectivity index (χ1n) is 12.0. The third-order valence-electron chi connectivity index (χ3n) is 6.52. The Balaban J connectivity index is 1.72. The lowest BCUT2D eigenvalue weighted by atomic mass is 9.93. The molecule has 0 fully saturated rings. The van der Waals surface area contributed by atoms with E-state index in [1.54, 1.807) is 37.3 Å². The summed E-state index contributed by atoms with van der Waals surface area (Å²) in [7, 11) is 1.22. The Bertz CT molecular complexity index is 1580. The van der Waals surface area contributed by atoms with Crippen molar-refractivity contribution in [3.05, 3.63) is 99.2 Å². The topological polar surface area (TPSA) is 159 Å². The molecule has 10 nitrogen and oxygen atoms in total. The summed E-state index contributed by atoms with van der Waals surface area (Å²) in [5.41, 5.74) is 1.31. The Morgan fingerprint density at radius 3 is 2.31 bits per heavy atom. The van der Waals surface area contributed by atoms with Gasteiger partial charge in [-0.1, -0.05) is 18.2 Å². The molecule has 4 N–H and O–H groups in total. The third-order valence-corrected chi connectivity index (χ3v) is 6.52. The number of phenols is 2. The van der Waals surface area contributed by atoms with Crippen molar-refractivity contribution >= 4 is 11.9 Å². The molecule has 0 bridgehead atoms. The molecule has 0 unspecified atom stereocenters. The maximum Gasteiger partial charge on any atom is 0.335 e. The minimum Gasteiger partial charge on any atom is -0.507 e. The van der Waals surface area contributed by atoms with Crippen molar-refractivity contribution in [2.75, 3.05) is 7.11 Å². The predicted octanol–water partition coefficient (Wildman–Crippen LogP) is 4.17. The van der Waals surface area contributed by atoms with Gasteiger partial charge in [0.1, 0.15) is 17.3 Å². The van der Waals surface area contributed by atoms with Crippen LogP contribution in [-0.4, -0.2) is 44.0 Å². The number of hydrogen-bond donors (Lipinski definition) is 4. The highest BCUT2D eigenvalue weighted by Crippen LogP contribution is 2.36. The third kappa shape index (κ3) is 5.80. The number of nitrogens with zero attached hydrogens (tertiary/aromatic N) is 1. The lowest BCUT2D eigenvalue weighted by Gasteiger charge is -2.19. The zero-order valence-electron chi connectivity index (χ0n) is 21.2. The lowest BCUT2D eigenvalue weighted by Crippen LogP contribution is -2.29. The molecule has 0 aliphatic rings. The van der Waals surface area contributed by atoms with Crippen molar-refractivity contribution in [3.8, 4) is 28.6 Å². The van der Waals surface area contributed by atoms with Crippen LogP contribution in [0.15, 0.2) is 69.9 Å². The molecule has 0 radical (unpaired) electrons. The van der Waals surface area contributed by atoms with Crippen LogP contribution in [0, 0.1) is 6.92 Å². The summed E-state index contributed by atoms with van der Waals surface area (Å²) in [4.78, 5) is 37.2. The molecule has 2 aromatic heterocycles. The number of phenolic OH excluding ortho intramolecular Hbond substituents is 2. The molecule has 0 saturated carbocycles. The SMILES string of the molecule is COC(=O)C[C@@H](c1ccc(-c2ccc(C(=O)O)cc2)o1)c1c(O)cc(C)n(CCc2ccc(O)c(O)c2)c1=O. The Labute approximate surface area is 223 Å². The van der Waals surface area contributed by atoms with E-state index < -0.39 is 23.4 Å². The second-order valence-electron chi connectivity index (χ2n) is 9.03. The van der Waals surface area contributed by atoms with Crippen molar-refractivity contribution < 1.29 is 39.2 Å². The van der Waals surface area contributed by atoms with Crippen molar-refractivity contribution in [3.63, 3.8) is 0 Å². The lowest BCUT2D eigenvalue weighted by molar-refractivity contribution is -0.140. The zero-order valence-corrected chi connectivity index (χ0v) is 21.2. The molecule has 2 aromatic carbocycles. The maximum atomic E-state index is 13.7. The monoisotopic (exact) mass is 533 g/mol. The molecule has 0 amide bonds. The number of carboxylic acids is 1. The van der Waals surface area contributed by atoms with Crippen molar-refractivity contribution in [1.29, 1.82) is 0 Å². The minimum absolute atomic E-state index is 0.0401. The number of rotatable bonds is 9. The van der Waals surface area contributed by atoms with Gasteiger partial charge in [-0.15, -0.1) is 0 Å². The number of furan rings is 1. The number of carbonyl (C=O) groups excluding carboxylic acids is 1. The Kier molecular flexibility index (Phi) is 7.75. The number of carbonyl (C=O) groups is 2. The molecular weight excluding hydrogens is 506 g/mol. The van der Waals surface area contributed by atoms with E-state index in [9.17, 15) is 29.7 Å². The number of pyridine rings is 1. The highest BCUT2D eigenvalue weighted by Gasteiger charge is 2.29. The van der Waals surface area contributed by atoms with Crippen LogP contribution in [0.3, 0.4) is 0 Å². The first kappa shape index (κ1) is 27.1. The summed E-state index contributed by atoms with van der Waals surface area (Å²) in [5, 5.41) is 39.3. The summed E-state index contributed by atoms with van der Waals surface area (Å²) < 4.78 is 12.3. The maximum absolute atomic E-state index is 13.7. The fourth-order valence-corrected chi connectivity index (χ4v) is 4.41. The number of methoxy groups -OCH3 is 1. The number of benzene rings is 2.